The van der Waals surface area contributed by atoms with Crippen LogP contribution in [0.2, 0.25) is 0 Å². The summed E-state index contributed by atoms with van der Waals surface area (Å²) in [5.41, 5.74) is 0.773. The molecule has 0 spiro atoms. The molecule has 2 aromatic rings. The molecule has 4 rings (SSSR count). The number of amides is 1. The molecule has 2 heterocycles. The van der Waals surface area contributed by atoms with Crippen LogP contribution in [0.15, 0.2) is 53.4 Å². The molecule has 0 unspecified atom stereocenters. The Morgan fingerprint density at radius 1 is 1.17 bits per heavy atom. The summed E-state index contributed by atoms with van der Waals surface area (Å²) in [5.74, 6) is 1.02. The van der Waals surface area contributed by atoms with Crippen LogP contribution >= 0.6 is 0 Å². The van der Waals surface area contributed by atoms with E-state index in [0.717, 1.165) is 12.0 Å². The number of carbonyl (C=O) groups is 1. The van der Waals surface area contributed by atoms with Gasteiger partial charge in [0.2, 0.25) is 0 Å². The third kappa shape index (κ3) is 3.96. The van der Waals surface area contributed by atoms with Crippen LogP contribution in [-0.4, -0.2) is 49.8 Å². The van der Waals surface area contributed by atoms with Crippen LogP contribution in [0.1, 0.15) is 25.8 Å². The fraction of sp³-hybridized carbons (Fsp3) is 0.409. The molecular formula is C22H25NO5S. The second-order valence-corrected chi connectivity index (χ2v) is 10.4. The Hall–Kier alpha value is -2.54. The summed E-state index contributed by atoms with van der Waals surface area (Å²) in [6.45, 7) is 4.49. The van der Waals surface area contributed by atoms with Gasteiger partial charge in [-0.3, -0.25) is 4.79 Å². The molecular weight excluding hydrogens is 390 g/mol. The van der Waals surface area contributed by atoms with Crippen LogP contribution in [-0.2, 0) is 21.1 Å². The number of likely N-dealkylation sites (tertiary alicyclic amines) is 1. The van der Waals surface area contributed by atoms with Crippen LogP contribution in [0.4, 0.5) is 0 Å². The standard InChI is InChI=1S/C22H25NO5S/c1-22(2)13-16-7-6-10-19(21(16)28-22)27-15-20(24)23-12-11-18(14-23)29(25,26)17-8-4-3-5-9-17/h3-10,18H,11-15H2,1-2H3/t18-/m1/s1. The highest BCUT2D eigenvalue weighted by molar-refractivity contribution is 7.92. The first kappa shape index (κ1) is 19.8. The predicted molar refractivity (Wildman–Crippen MR) is 109 cm³/mol. The number of carbonyl (C=O) groups excluding carboxylic acids is 1. The number of benzene rings is 2. The monoisotopic (exact) mass is 415 g/mol. The molecule has 1 saturated heterocycles. The summed E-state index contributed by atoms with van der Waals surface area (Å²) in [6, 6.07) is 14.1. The average Bonchev–Trinajstić information content (AvgIpc) is 3.30. The fourth-order valence-electron chi connectivity index (χ4n) is 3.94. The van der Waals surface area contributed by atoms with E-state index in [2.05, 4.69) is 0 Å². The first-order valence-electron chi connectivity index (χ1n) is 9.77. The quantitative estimate of drug-likeness (QED) is 0.751. The number of nitrogens with zero attached hydrogens (tertiary/aromatic N) is 1. The van der Waals surface area contributed by atoms with Crippen molar-refractivity contribution in [2.75, 3.05) is 19.7 Å². The molecule has 1 atom stereocenters. The molecule has 0 N–H and O–H groups in total. The highest BCUT2D eigenvalue weighted by Crippen LogP contribution is 2.41. The van der Waals surface area contributed by atoms with Crippen molar-refractivity contribution in [3.05, 3.63) is 54.1 Å². The van der Waals surface area contributed by atoms with Crippen molar-refractivity contribution in [1.82, 2.24) is 4.90 Å². The van der Waals surface area contributed by atoms with Crippen LogP contribution < -0.4 is 9.47 Å². The number of para-hydroxylation sites is 1. The van der Waals surface area contributed by atoms with Crippen LogP contribution in [0.5, 0.6) is 11.5 Å². The normalized spacial score (nSPS) is 20.2. The number of hydrogen-bond acceptors (Lipinski definition) is 5. The fourth-order valence-corrected chi connectivity index (χ4v) is 5.66. The number of rotatable bonds is 5. The van der Waals surface area contributed by atoms with Gasteiger partial charge in [0.05, 0.1) is 10.1 Å². The molecule has 0 bridgehead atoms. The molecule has 1 amide bonds. The third-order valence-corrected chi connectivity index (χ3v) is 7.61. The van der Waals surface area contributed by atoms with Gasteiger partial charge in [0.15, 0.2) is 27.9 Å². The predicted octanol–water partition coefficient (Wildman–Crippen LogP) is 2.85. The summed E-state index contributed by atoms with van der Waals surface area (Å²) >= 11 is 0. The van der Waals surface area contributed by atoms with E-state index in [0.29, 0.717) is 29.4 Å². The Bertz CT molecular complexity index is 1020. The molecule has 0 radical (unpaired) electrons. The van der Waals surface area contributed by atoms with E-state index in [1.54, 1.807) is 41.3 Å². The van der Waals surface area contributed by atoms with Crippen molar-refractivity contribution in [2.24, 2.45) is 0 Å². The molecule has 29 heavy (non-hydrogen) atoms. The molecule has 2 aliphatic heterocycles. The van der Waals surface area contributed by atoms with E-state index < -0.39 is 15.1 Å². The largest absolute Gasteiger partial charge is 0.483 e. The van der Waals surface area contributed by atoms with Gasteiger partial charge >= 0.3 is 0 Å². The molecule has 1 fully saturated rings. The van der Waals surface area contributed by atoms with Gasteiger partial charge in [-0.25, -0.2) is 8.42 Å². The Morgan fingerprint density at radius 2 is 1.93 bits per heavy atom. The zero-order valence-electron chi connectivity index (χ0n) is 16.6. The second kappa shape index (κ2) is 7.37. The van der Waals surface area contributed by atoms with E-state index in [1.807, 2.05) is 26.0 Å². The minimum absolute atomic E-state index is 0.141. The molecule has 2 aromatic carbocycles. The molecule has 154 valence electrons. The molecule has 6 nitrogen and oxygen atoms in total. The first-order valence-corrected chi connectivity index (χ1v) is 11.3. The SMILES string of the molecule is CC1(C)Cc2cccc(OCC(=O)N3CC[C@@H](S(=O)(=O)c4ccccc4)C3)c2O1. The van der Waals surface area contributed by atoms with E-state index in [4.69, 9.17) is 9.47 Å². The highest BCUT2D eigenvalue weighted by atomic mass is 32.2. The maximum Gasteiger partial charge on any atom is 0.260 e. The zero-order chi connectivity index (χ0) is 20.6. The first-order chi connectivity index (χ1) is 13.8. The lowest BCUT2D eigenvalue weighted by Gasteiger charge is -2.19. The highest BCUT2D eigenvalue weighted by Gasteiger charge is 2.36. The topological polar surface area (TPSA) is 72.9 Å². The van der Waals surface area contributed by atoms with E-state index in [9.17, 15) is 13.2 Å². The third-order valence-electron chi connectivity index (χ3n) is 5.41. The van der Waals surface area contributed by atoms with E-state index >= 15 is 0 Å². The lowest BCUT2D eigenvalue weighted by atomic mass is 10.0. The summed E-state index contributed by atoms with van der Waals surface area (Å²) in [6.07, 6.45) is 1.22. The van der Waals surface area contributed by atoms with Gasteiger partial charge in [-0.1, -0.05) is 30.3 Å². The van der Waals surface area contributed by atoms with Crippen LogP contribution in [0.3, 0.4) is 0 Å². The second-order valence-electron chi connectivity index (χ2n) is 8.18. The van der Waals surface area contributed by atoms with Gasteiger partial charge in [-0.05, 0) is 38.5 Å². The Morgan fingerprint density at radius 3 is 2.69 bits per heavy atom. The zero-order valence-corrected chi connectivity index (χ0v) is 17.4. The van der Waals surface area contributed by atoms with Crippen LogP contribution in [0.25, 0.3) is 0 Å². The van der Waals surface area contributed by atoms with Gasteiger partial charge in [0, 0.05) is 25.1 Å². The van der Waals surface area contributed by atoms with Crippen molar-refractivity contribution < 1.29 is 22.7 Å². The van der Waals surface area contributed by atoms with Crippen molar-refractivity contribution >= 4 is 15.7 Å². The molecule has 0 aliphatic carbocycles. The van der Waals surface area contributed by atoms with E-state index in [1.165, 1.54) is 0 Å². The van der Waals surface area contributed by atoms with Gasteiger partial charge in [0.1, 0.15) is 5.60 Å². The van der Waals surface area contributed by atoms with Gasteiger partial charge in [0.25, 0.3) is 5.91 Å². The maximum absolute atomic E-state index is 12.8. The van der Waals surface area contributed by atoms with Crippen LogP contribution in [0, 0.1) is 0 Å². The minimum Gasteiger partial charge on any atom is -0.483 e. The van der Waals surface area contributed by atoms with Gasteiger partial charge in [-0.2, -0.15) is 0 Å². The number of fused-ring (bicyclic) bond motifs is 1. The van der Waals surface area contributed by atoms with Gasteiger partial charge in [-0.15, -0.1) is 0 Å². The molecule has 0 aromatic heterocycles. The molecule has 2 aliphatic rings. The average molecular weight is 416 g/mol. The Labute approximate surface area is 171 Å². The van der Waals surface area contributed by atoms with Crippen molar-refractivity contribution in [3.8, 4) is 11.5 Å². The summed E-state index contributed by atoms with van der Waals surface area (Å²) < 4.78 is 37.3. The molecule has 0 saturated carbocycles. The lowest BCUT2D eigenvalue weighted by molar-refractivity contribution is -0.132. The Kier molecular flexibility index (Phi) is 5.02. The minimum atomic E-state index is -3.45. The number of hydrogen-bond donors (Lipinski definition) is 0. The van der Waals surface area contributed by atoms with Crippen molar-refractivity contribution in [1.29, 1.82) is 0 Å². The summed E-state index contributed by atoms with van der Waals surface area (Å²) in [5, 5.41) is -0.584. The lowest BCUT2D eigenvalue weighted by Crippen LogP contribution is -2.35. The summed E-state index contributed by atoms with van der Waals surface area (Å²) in [7, 11) is -3.45. The van der Waals surface area contributed by atoms with Crippen molar-refractivity contribution in [3.63, 3.8) is 0 Å². The number of sulfone groups is 1. The van der Waals surface area contributed by atoms with Crippen molar-refractivity contribution in [2.45, 2.75) is 42.4 Å². The van der Waals surface area contributed by atoms with E-state index in [-0.39, 0.29) is 24.7 Å². The summed E-state index contributed by atoms with van der Waals surface area (Å²) in [4.78, 5) is 14.5. The smallest absolute Gasteiger partial charge is 0.260 e. The molecule has 7 heteroatoms. The van der Waals surface area contributed by atoms with Gasteiger partial charge < -0.3 is 14.4 Å². The maximum atomic E-state index is 12.8. The number of ether oxygens (including phenoxy) is 2. The Balaban J connectivity index is 1.39.